The standard InChI is InChI=1S/C16H20N2O2/c1-12(15-8-5-11-20-15)18-16(19)10-9-14(17)13-6-3-2-4-7-13/h2-8,11-12,14H,9-10,17H2,1H3,(H,18,19). The van der Waals surface area contributed by atoms with Crippen molar-refractivity contribution in [2.45, 2.75) is 31.8 Å². The predicted molar refractivity (Wildman–Crippen MR) is 77.9 cm³/mol. The lowest BCUT2D eigenvalue weighted by Crippen LogP contribution is -2.27. The van der Waals surface area contributed by atoms with Gasteiger partial charge in [0.15, 0.2) is 0 Å². The number of nitrogens with two attached hydrogens (primary N) is 1. The lowest BCUT2D eigenvalue weighted by Gasteiger charge is -2.14. The molecule has 106 valence electrons. The Hall–Kier alpha value is -2.07. The van der Waals surface area contributed by atoms with Crippen molar-refractivity contribution >= 4 is 5.91 Å². The molecule has 2 aromatic rings. The zero-order chi connectivity index (χ0) is 14.4. The fourth-order valence-electron chi connectivity index (χ4n) is 2.08. The van der Waals surface area contributed by atoms with Crippen molar-refractivity contribution in [2.24, 2.45) is 5.73 Å². The summed E-state index contributed by atoms with van der Waals surface area (Å²) >= 11 is 0. The molecule has 0 fully saturated rings. The second kappa shape index (κ2) is 6.91. The Morgan fingerprint density at radius 3 is 2.65 bits per heavy atom. The molecule has 0 saturated heterocycles. The number of furan rings is 1. The van der Waals surface area contributed by atoms with Gasteiger partial charge in [0.25, 0.3) is 0 Å². The maximum atomic E-state index is 11.9. The molecule has 1 heterocycles. The Labute approximate surface area is 119 Å². The van der Waals surface area contributed by atoms with Crippen LogP contribution in [0.1, 0.15) is 43.2 Å². The molecule has 0 aliphatic carbocycles. The molecule has 0 saturated carbocycles. The third-order valence-corrected chi connectivity index (χ3v) is 3.26. The number of nitrogens with one attached hydrogen (secondary N) is 1. The van der Waals surface area contributed by atoms with Crippen molar-refractivity contribution in [3.8, 4) is 0 Å². The van der Waals surface area contributed by atoms with Crippen molar-refractivity contribution in [3.05, 3.63) is 60.1 Å². The van der Waals surface area contributed by atoms with Crippen LogP contribution in [0.15, 0.2) is 53.1 Å². The van der Waals surface area contributed by atoms with Gasteiger partial charge in [-0.05, 0) is 31.0 Å². The highest BCUT2D eigenvalue weighted by Crippen LogP contribution is 2.16. The van der Waals surface area contributed by atoms with Crippen molar-refractivity contribution in [2.75, 3.05) is 0 Å². The molecule has 3 N–H and O–H groups in total. The molecule has 0 spiro atoms. The van der Waals surface area contributed by atoms with Crippen LogP contribution in [0.4, 0.5) is 0 Å². The number of rotatable bonds is 6. The molecule has 1 aromatic carbocycles. The van der Waals surface area contributed by atoms with Gasteiger partial charge in [-0.15, -0.1) is 0 Å². The minimum absolute atomic E-state index is 0.0136. The molecule has 0 aliphatic heterocycles. The minimum Gasteiger partial charge on any atom is -0.467 e. The van der Waals surface area contributed by atoms with Gasteiger partial charge in [0, 0.05) is 12.5 Å². The topological polar surface area (TPSA) is 68.3 Å². The lowest BCUT2D eigenvalue weighted by atomic mass is 10.0. The largest absolute Gasteiger partial charge is 0.467 e. The van der Waals surface area contributed by atoms with Crippen LogP contribution in [0.5, 0.6) is 0 Å². The first-order chi connectivity index (χ1) is 9.66. The molecule has 4 nitrogen and oxygen atoms in total. The SMILES string of the molecule is CC(NC(=O)CCC(N)c1ccccc1)c1ccco1. The first kappa shape index (κ1) is 14.3. The third-order valence-electron chi connectivity index (χ3n) is 3.26. The summed E-state index contributed by atoms with van der Waals surface area (Å²) in [7, 11) is 0. The van der Waals surface area contributed by atoms with Crippen LogP contribution < -0.4 is 11.1 Å². The normalized spacial score (nSPS) is 13.7. The fourth-order valence-corrected chi connectivity index (χ4v) is 2.08. The van der Waals surface area contributed by atoms with Crippen molar-refractivity contribution in [1.29, 1.82) is 0 Å². The second-order valence-electron chi connectivity index (χ2n) is 4.86. The van der Waals surface area contributed by atoms with E-state index < -0.39 is 0 Å². The monoisotopic (exact) mass is 272 g/mol. The maximum absolute atomic E-state index is 11.9. The molecular weight excluding hydrogens is 252 g/mol. The zero-order valence-corrected chi connectivity index (χ0v) is 11.6. The van der Waals surface area contributed by atoms with Crippen LogP contribution in [0.3, 0.4) is 0 Å². The average Bonchev–Trinajstić information content (AvgIpc) is 3.00. The first-order valence-corrected chi connectivity index (χ1v) is 6.80. The third kappa shape index (κ3) is 3.96. The van der Waals surface area contributed by atoms with E-state index in [2.05, 4.69) is 5.32 Å². The highest BCUT2D eigenvalue weighted by molar-refractivity contribution is 5.76. The van der Waals surface area contributed by atoms with Crippen LogP contribution in [-0.2, 0) is 4.79 Å². The van der Waals surface area contributed by atoms with Gasteiger partial charge in [0.05, 0.1) is 12.3 Å². The molecular formula is C16H20N2O2. The molecule has 20 heavy (non-hydrogen) atoms. The quantitative estimate of drug-likeness (QED) is 0.849. The van der Waals surface area contributed by atoms with Crippen molar-refractivity contribution < 1.29 is 9.21 Å². The summed E-state index contributed by atoms with van der Waals surface area (Å²) in [4.78, 5) is 11.9. The average molecular weight is 272 g/mol. The Morgan fingerprint density at radius 1 is 1.25 bits per heavy atom. The molecule has 2 rings (SSSR count). The van der Waals surface area contributed by atoms with E-state index in [0.29, 0.717) is 12.8 Å². The summed E-state index contributed by atoms with van der Waals surface area (Å²) in [5.74, 6) is 0.742. The summed E-state index contributed by atoms with van der Waals surface area (Å²) in [6.45, 7) is 1.90. The van der Waals surface area contributed by atoms with Gasteiger partial charge in [0.2, 0.25) is 5.91 Å². The maximum Gasteiger partial charge on any atom is 0.220 e. The molecule has 0 bridgehead atoms. The van der Waals surface area contributed by atoms with E-state index >= 15 is 0 Å². The molecule has 0 radical (unpaired) electrons. The van der Waals surface area contributed by atoms with Gasteiger partial charge in [0.1, 0.15) is 5.76 Å². The van der Waals surface area contributed by atoms with E-state index in [1.54, 1.807) is 6.26 Å². The van der Waals surface area contributed by atoms with Gasteiger partial charge in [-0.2, -0.15) is 0 Å². The highest BCUT2D eigenvalue weighted by Gasteiger charge is 2.13. The molecule has 2 atom stereocenters. The lowest BCUT2D eigenvalue weighted by molar-refractivity contribution is -0.122. The first-order valence-electron chi connectivity index (χ1n) is 6.80. The van der Waals surface area contributed by atoms with Gasteiger partial charge in [-0.25, -0.2) is 0 Å². The summed E-state index contributed by atoms with van der Waals surface area (Å²) in [5, 5.41) is 2.90. The van der Waals surface area contributed by atoms with E-state index in [1.807, 2.05) is 49.4 Å². The number of carbonyl (C=O) groups excluding carboxylic acids is 1. The van der Waals surface area contributed by atoms with E-state index in [9.17, 15) is 4.79 Å². The number of carbonyl (C=O) groups is 1. The summed E-state index contributed by atoms with van der Waals surface area (Å²) in [5.41, 5.74) is 7.13. The molecule has 4 heteroatoms. The van der Waals surface area contributed by atoms with Crippen LogP contribution in [0.2, 0.25) is 0 Å². The minimum atomic E-state index is -0.120. The molecule has 2 unspecified atom stereocenters. The summed E-state index contributed by atoms with van der Waals surface area (Å²) in [6.07, 6.45) is 2.63. The predicted octanol–water partition coefficient (Wildman–Crippen LogP) is 2.94. The van der Waals surface area contributed by atoms with Crippen LogP contribution in [0, 0.1) is 0 Å². The van der Waals surface area contributed by atoms with Gasteiger partial charge < -0.3 is 15.5 Å². The van der Waals surface area contributed by atoms with E-state index in [1.165, 1.54) is 0 Å². The van der Waals surface area contributed by atoms with E-state index in [0.717, 1.165) is 11.3 Å². The number of hydrogen-bond acceptors (Lipinski definition) is 3. The van der Waals surface area contributed by atoms with E-state index in [-0.39, 0.29) is 18.0 Å². The van der Waals surface area contributed by atoms with Crippen LogP contribution >= 0.6 is 0 Å². The van der Waals surface area contributed by atoms with Gasteiger partial charge in [-0.1, -0.05) is 30.3 Å². The number of benzene rings is 1. The zero-order valence-electron chi connectivity index (χ0n) is 11.6. The summed E-state index contributed by atoms with van der Waals surface area (Å²) in [6, 6.07) is 13.2. The smallest absolute Gasteiger partial charge is 0.220 e. The van der Waals surface area contributed by atoms with Crippen molar-refractivity contribution in [3.63, 3.8) is 0 Å². The second-order valence-corrected chi connectivity index (χ2v) is 4.86. The van der Waals surface area contributed by atoms with Gasteiger partial charge >= 0.3 is 0 Å². The molecule has 1 amide bonds. The van der Waals surface area contributed by atoms with Crippen molar-refractivity contribution in [1.82, 2.24) is 5.32 Å². The Balaban J connectivity index is 1.78. The molecule has 1 aromatic heterocycles. The summed E-state index contributed by atoms with van der Waals surface area (Å²) < 4.78 is 5.25. The molecule has 0 aliphatic rings. The Kier molecular flexibility index (Phi) is 4.96. The Bertz CT molecular complexity index is 523. The van der Waals surface area contributed by atoms with Crippen LogP contribution in [-0.4, -0.2) is 5.91 Å². The van der Waals surface area contributed by atoms with E-state index in [4.69, 9.17) is 10.2 Å². The number of amides is 1. The Morgan fingerprint density at radius 2 is 2.00 bits per heavy atom. The highest BCUT2D eigenvalue weighted by atomic mass is 16.3. The van der Waals surface area contributed by atoms with Crippen LogP contribution in [0.25, 0.3) is 0 Å². The fraction of sp³-hybridized carbons (Fsp3) is 0.312. The number of hydrogen-bond donors (Lipinski definition) is 2. The van der Waals surface area contributed by atoms with Gasteiger partial charge in [-0.3, -0.25) is 4.79 Å².